The number of nitrogens with zero attached hydrogens (tertiary/aromatic N) is 3. The topological polar surface area (TPSA) is 47.1 Å². The van der Waals surface area contributed by atoms with Crippen molar-refractivity contribution in [3.63, 3.8) is 0 Å². The second kappa shape index (κ2) is 6.27. The molecule has 0 amide bonds. The summed E-state index contributed by atoms with van der Waals surface area (Å²) in [7, 11) is 4.36. The van der Waals surface area contributed by atoms with Crippen LogP contribution in [0.15, 0.2) is 12.3 Å². The fourth-order valence-electron chi connectivity index (χ4n) is 3.50. The standard InChI is InChI=1S/C16H30N4/c1-13(2)20-11-8-14(18-20)12-15(17)16(19(3)4)9-6-5-7-10-16/h8,11,13,15H,5-7,9-10,12,17H2,1-4H3. The fourth-order valence-corrected chi connectivity index (χ4v) is 3.50. The van der Waals surface area contributed by atoms with Gasteiger partial charge in [-0.2, -0.15) is 5.10 Å². The Bertz CT molecular complexity index is 416. The molecule has 1 aromatic rings. The fraction of sp³-hybridized carbons (Fsp3) is 0.812. The molecule has 0 spiro atoms. The first-order chi connectivity index (χ1) is 9.45. The smallest absolute Gasteiger partial charge is 0.0640 e. The van der Waals surface area contributed by atoms with Gasteiger partial charge in [-0.3, -0.25) is 4.68 Å². The summed E-state index contributed by atoms with van der Waals surface area (Å²) in [5.74, 6) is 0. The molecule has 1 aliphatic rings. The van der Waals surface area contributed by atoms with E-state index in [1.165, 1.54) is 32.1 Å². The number of hydrogen-bond donors (Lipinski definition) is 1. The summed E-state index contributed by atoms with van der Waals surface area (Å²) < 4.78 is 2.02. The molecule has 0 bridgehead atoms. The Morgan fingerprint density at radius 2 is 1.95 bits per heavy atom. The number of likely N-dealkylation sites (N-methyl/N-ethyl adjacent to an activating group) is 1. The first-order valence-corrected chi connectivity index (χ1v) is 7.93. The Morgan fingerprint density at radius 1 is 1.30 bits per heavy atom. The molecule has 20 heavy (non-hydrogen) atoms. The molecule has 1 saturated carbocycles. The summed E-state index contributed by atoms with van der Waals surface area (Å²) in [5.41, 5.74) is 7.89. The maximum absolute atomic E-state index is 6.61. The average Bonchev–Trinajstić information content (AvgIpc) is 2.88. The highest BCUT2D eigenvalue weighted by molar-refractivity contribution is 5.08. The van der Waals surface area contributed by atoms with Crippen molar-refractivity contribution in [2.24, 2.45) is 5.73 Å². The molecule has 2 rings (SSSR count). The molecule has 1 unspecified atom stereocenters. The molecular formula is C16H30N4. The van der Waals surface area contributed by atoms with Crippen molar-refractivity contribution < 1.29 is 0 Å². The van der Waals surface area contributed by atoms with Crippen molar-refractivity contribution in [1.82, 2.24) is 14.7 Å². The molecule has 4 heteroatoms. The van der Waals surface area contributed by atoms with E-state index in [4.69, 9.17) is 5.73 Å². The first kappa shape index (κ1) is 15.5. The maximum Gasteiger partial charge on any atom is 0.0640 e. The van der Waals surface area contributed by atoms with Gasteiger partial charge in [-0.1, -0.05) is 19.3 Å². The van der Waals surface area contributed by atoms with E-state index in [-0.39, 0.29) is 11.6 Å². The zero-order valence-electron chi connectivity index (χ0n) is 13.5. The quantitative estimate of drug-likeness (QED) is 0.900. The Labute approximate surface area is 123 Å². The summed E-state index contributed by atoms with van der Waals surface area (Å²) in [6, 6.07) is 2.69. The van der Waals surface area contributed by atoms with Gasteiger partial charge in [0.15, 0.2) is 0 Å². The van der Waals surface area contributed by atoms with E-state index in [1.54, 1.807) is 0 Å². The minimum absolute atomic E-state index is 0.153. The van der Waals surface area contributed by atoms with Crippen LogP contribution in [0.2, 0.25) is 0 Å². The molecule has 4 nitrogen and oxygen atoms in total. The van der Waals surface area contributed by atoms with Gasteiger partial charge in [0.25, 0.3) is 0 Å². The van der Waals surface area contributed by atoms with Crippen LogP contribution in [0.4, 0.5) is 0 Å². The van der Waals surface area contributed by atoms with Gasteiger partial charge in [-0.25, -0.2) is 0 Å². The van der Waals surface area contributed by atoms with Crippen LogP contribution >= 0.6 is 0 Å². The van der Waals surface area contributed by atoms with Crippen molar-refractivity contribution in [3.8, 4) is 0 Å². The van der Waals surface area contributed by atoms with Crippen molar-refractivity contribution in [2.45, 2.75) is 70.0 Å². The number of nitrogens with two attached hydrogens (primary N) is 1. The third-order valence-corrected chi connectivity index (χ3v) is 4.92. The van der Waals surface area contributed by atoms with E-state index in [0.717, 1.165) is 12.1 Å². The van der Waals surface area contributed by atoms with Crippen LogP contribution in [-0.2, 0) is 6.42 Å². The zero-order valence-corrected chi connectivity index (χ0v) is 13.5. The van der Waals surface area contributed by atoms with Crippen molar-refractivity contribution in [3.05, 3.63) is 18.0 Å². The third-order valence-electron chi connectivity index (χ3n) is 4.92. The summed E-state index contributed by atoms with van der Waals surface area (Å²) in [6.07, 6.45) is 9.31. The molecule has 0 radical (unpaired) electrons. The van der Waals surface area contributed by atoms with Gasteiger partial charge in [-0.15, -0.1) is 0 Å². The predicted molar refractivity (Wildman–Crippen MR) is 83.8 cm³/mol. The van der Waals surface area contributed by atoms with Crippen molar-refractivity contribution in [2.75, 3.05) is 14.1 Å². The Morgan fingerprint density at radius 3 is 2.45 bits per heavy atom. The Hall–Kier alpha value is -0.870. The van der Waals surface area contributed by atoms with E-state index in [0.29, 0.717) is 6.04 Å². The third kappa shape index (κ3) is 3.07. The lowest BCUT2D eigenvalue weighted by atomic mass is 9.74. The molecule has 1 fully saturated rings. The SMILES string of the molecule is CC(C)n1ccc(CC(N)C2(N(C)C)CCCCC2)n1. The molecule has 0 saturated heterocycles. The first-order valence-electron chi connectivity index (χ1n) is 7.93. The lowest BCUT2D eigenvalue weighted by Crippen LogP contribution is -2.59. The molecule has 2 N–H and O–H groups in total. The summed E-state index contributed by atoms with van der Waals surface area (Å²) in [4.78, 5) is 2.36. The van der Waals surface area contributed by atoms with Gasteiger partial charge in [0.2, 0.25) is 0 Å². The monoisotopic (exact) mass is 278 g/mol. The molecule has 0 aliphatic heterocycles. The van der Waals surface area contributed by atoms with Gasteiger partial charge < -0.3 is 10.6 Å². The van der Waals surface area contributed by atoms with E-state index < -0.39 is 0 Å². The molecule has 0 aromatic carbocycles. The number of aromatic nitrogens is 2. The summed E-state index contributed by atoms with van der Waals surface area (Å²) in [6.45, 7) is 4.30. The number of rotatable bonds is 5. The van der Waals surface area contributed by atoms with Gasteiger partial charge >= 0.3 is 0 Å². The lowest BCUT2D eigenvalue weighted by molar-refractivity contribution is 0.0712. The largest absolute Gasteiger partial charge is 0.326 e. The molecule has 1 heterocycles. The van der Waals surface area contributed by atoms with E-state index in [1.807, 2.05) is 4.68 Å². The number of hydrogen-bond acceptors (Lipinski definition) is 3. The van der Waals surface area contributed by atoms with Crippen LogP contribution in [-0.4, -0.2) is 40.4 Å². The molecule has 1 atom stereocenters. The molecule has 1 aromatic heterocycles. The van der Waals surface area contributed by atoms with E-state index in [2.05, 4.69) is 50.2 Å². The Balaban J connectivity index is 2.09. The lowest BCUT2D eigenvalue weighted by Gasteiger charge is -2.47. The maximum atomic E-state index is 6.61. The van der Waals surface area contributed by atoms with Crippen LogP contribution in [0.5, 0.6) is 0 Å². The van der Waals surface area contributed by atoms with Crippen LogP contribution in [0.25, 0.3) is 0 Å². The zero-order chi connectivity index (χ0) is 14.8. The highest BCUT2D eigenvalue weighted by Crippen LogP contribution is 2.35. The summed E-state index contributed by atoms with van der Waals surface area (Å²) in [5, 5.41) is 4.65. The highest BCUT2D eigenvalue weighted by Gasteiger charge is 2.39. The minimum Gasteiger partial charge on any atom is -0.326 e. The molecule has 114 valence electrons. The van der Waals surface area contributed by atoms with E-state index in [9.17, 15) is 0 Å². The minimum atomic E-state index is 0.153. The second-order valence-corrected chi connectivity index (χ2v) is 6.75. The van der Waals surface area contributed by atoms with Gasteiger partial charge in [-0.05, 0) is 46.9 Å². The van der Waals surface area contributed by atoms with Gasteiger partial charge in [0, 0.05) is 30.2 Å². The van der Waals surface area contributed by atoms with Crippen molar-refractivity contribution in [1.29, 1.82) is 0 Å². The normalized spacial score (nSPS) is 20.6. The Kier molecular flexibility index (Phi) is 4.86. The van der Waals surface area contributed by atoms with Crippen molar-refractivity contribution >= 4 is 0 Å². The van der Waals surface area contributed by atoms with Crippen LogP contribution in [0.1, 0.15) is 57.7 Å². The van der Waals surface area contributed by atoms with Gasteiger partial charge in [0.05, 0.1) is 5.69 Å². The van der Waals surface area contributed by atoms with Crippen LogP contribution in [0.3, 0.4) is 0 Å². The highest BCUT2D eigenvalue weighted by atomic mass is 15.3. The van der Waals surface area contributed by atoms with Crippen LogP contribution < -0.4 is 5.73 Å². The average molecular weight is 278 g/mol. The van der Waals surface area contributed by atoms with E-state index >= 15 is 0 Å². The van der Waals surface area contributed by atoms with Gasteiger partial charge in [0.1, 0.15) is 0 Å². The van der Waals surface area contributed by atoms with Crippen LogP contribution in [0, 0.1) is 0 Å². The second-order valence-electron chi connectivity index (χ2n) is 6.75. The molecular weight excluding hydrogens is 248 g/mol. The predicted octanol–water partition coefficient (Wildman–Crippen LogP) is 2.60. The molecule has 1 aliphatic carbocycles. The summed E-state index contributed by atoms with van der Waals surface area (Å²) >= 11 is 0.